The number of pyridine rings is 1. The van der Waals surface area contributed by atoms with E-state index in [1.54, 1.807) is 13.3 Å². The maximum absolute atomic E-state index is 5.70. The van der Waals surface area contributed by atoms with E-state index < -0.39 is 0 Å². The monoisotopic (exact) mass is 380 g/mol. The van der Waals surface area contributed by atoms with Gasteiger partial charge in [0.15, 0.2) is 0 Å². The SMILES string of the molecule is COCCOc1ncccc1-c1noc([C@H]2CCCN2Cc2ccccc2)n1. The predicted octanol–water partition coefficient (Wildman–Crippen LogP) is 3.49. The molecule has 0 radical (unpaired) electrons. The van der Waals surface area contributed by atoms with Gasteiger partial charge in [-0.25, -0.2) is 4.98 Å². The molecule has 1 fully saturated rings. The summed E-state index contributed by atoms with van der Waals surface area (Å²) < 4.78 is 16.4. The summed E-state index contributed by atoms with van der Waals surface area (Å²) in [4.78, 5) is 11.4. The Morgan fingerprint density at radius 2 is 2.04 bits per heavy atom. The van der Waals surface area contributed by atoms with Crippen molar-refractivity contribution in [2.45, 2.75) is 25.4 Å². The third kappa shape index (κ3) is 4.21. The van der Waals surface area contributed by atoms with Crippen LogP contribution >= 0.6 is 0 Å². The molecule has 0 bridgehead atoms. The lowest BCUT2D eigenvalue weighted by Crippen LogP contribution is -2.23. The highest BCUT2D eigenvalue weighted by molar-refractivity contribution is 5.60. The quantitative estimate of drug-likeness (QED) is 0.554. The summed E-state index contributed by atoms with van der Waals surface area (Å²) >= 11 is 0. The summed E-state index contributed by atoms with van der Waals surface area (Å²) in [6.45, 7) is 2.81. The van der Waals surface area contributed by atoms with E-state index in [0.717, 1.165) is 31.5 Å². The van der Waals surface area contributed by atoms with Crippen LogP contribution in [0.3, 0.4) is 0 Å². The number of benzene rings is 1. The van der Waals surface area contributed by atoms with E-state index >= 15 is 0 Å². The summed E-state index contributed by atoms with van der Waals surface area (Å²) in [6, 6.07) is 14.3. The summed E-state index contributed by atoms with van der Waals surface area (Å²) in [5.74, 6) is 1.64. The number of hydrogen-bond acceptors (Lipinski definition) is 7. The van der Waals surface area contributed by atoms with E-state index in [9.17, 15) is 0 Å². The smallest absolute Gasteiger partial charge is 0.244 e. The molecule has 0 unspecified atom stereocenters. The fraction of sp³-hybridized carbons (Fsp3) is 0.381. The molecule has 7 heteroatoms. The molecule has 2 aromatic heterocycles. The number of rotatable bonds is 8. The second-order valence-corrected chi connectivity index (χ2v) is 6.77. The molecule has 146 valence electrons. The van der Waals surface area contributed by atoms with Gasteiger partial charge < -0.3 is 14.0 Å². The summed E-state index contributed by atoms with van der Waals surface area (Å²) in [7, 11) is 1.64. The van der Waals surface area contributed by atoms with Gasteiger partial charge in [-0.1, -0.05) is 35.5 Å². The third-order valence-corrected chi connectivity index (χ3v) is 4.86. The Morgan fingerprint density at radius 3 is 2.89 bits per heavy atom. The normalized spacial score (nSPS) is 17.1. The minimum Gasteiger partial charge on any atom is -0.475 e. The lowest BCUT2D eigenvalue weighted by Gasteiger charge is -2.21. The van der Waals surface area contributed by atoms with Crippen molar-refractivity contribution in [3.05, 3.63) is 60.1 Å². The maximum Gasteiger partial charge on any atom is 0.244 e. The molecule has 0 saturated carbocycles. The van der Waals surface area contributed by atoms with Crippen LogP contribution < -0.4 is 4.74 Å². The Kier molecular flexibility index (Phi) is 5.94. The van der Waals surface area contributed by atoms with Gasteiger partial charge in [0.25, 0.3) is 0 Å². The van der Waals surface area contributed by atoms with Crippen LogP contribution in [0, 0.1) is 0 Å². The van der Waals surface area contributed by atoms with E-state index in [0.29, 0.717) is 30.8 Å². The molecule has 0 spiro atoms. The number of likely N-dealkylation sites (tertiary alicyclic amines) is 1. The molecular weight excluding hydrogens is 356 g/mol. The average molecular weight is 380 g/mol. The summed E-state index contributed by atoms with van der Waals surface area (Å²) in [5.41, 5.74) is 2.01. The van der Waals surface area contributed by atoms with Crippen LogP contribution in [0.5, 0.6) is 5.88 Å². The van der Waals surface area contributed by atoms with Gasteiger partial charge in [0.1, 0.15) is 6.61 Å². The predicted molar refractivity (Wildman–Crippen MR) is 104 cm³/mol. The van der Waals surface area contributed by atoms with Gasteiger partial charge in [0.05, 0.1) is 18.2 Å². The zero-order valence-corrected chi connectivity index (χ0v) is 16.0. The fourth-order valence-electron chi connectivity index (χ4n) is 3.49. The van der Waals surface area contributed by atoms with Crippen molar-refractivity contribution in [1.29, 1.82) is 0 Å². The van der Waals surface area contributed by atoms with E-state index in [1.165, 1.54) is 5.56 Å². The van der Waals surface area contributed by atoms with Crippen molar-refractivity contribution in [3.8, 4) is 17.3 Å². The van der Waals surface area contributed by atoms with Crippen LogP contribution in [-0.4, -0.2) is 46.9 Å². The minimum absolute atomic E-state index is 0.135. The topological polar surface area (TPSA) is 73.5 Å². The van der Waals surface area contributed by atoms with Crippen LogP contribution in [-0.2, 0) is 11.3 Å². The first-order chi connectivity index (χ1) is 13.8. The Labute approximate surface area is 164 Å². The molecule has 3 aromatic rings. The number of aromatic nitrogens is 3. The van der Waals surface area contributed by atoms with Gasteiger partial charge >= 0.3 is 0 Å². The van der Waals surface area contributed by atoms with Crippen LogP contribution in [0.1, 0.15) is 30.3 Å². The number of ether oxygens (including phenoxy) is 2. The average Bonchev–Trinajstić information content (AvgIpc) is 3.39. The Morgan fingerprint density at radius 1 is 1.14 bits per heavy atom. The van der Waals surface area contributed by atoms with E-state index in [4.69, 9.17) is 14.0 Å². The second kappa shape index (κ2) is 8.95. The highest BCUT2D eigenvalue weighted by Crippen LogP contribution is 2.34. The van der Waals surface area contributed by atoms with Crippen molar-refractivity contribution in [2.75, 3.05) is 26.9 Å². The minimum atomic E-state index is 0.135. The van der Waals surface area contributed by atoms with Gasteiger partial charge in [-0.2, -0.15) is 4.98 Å². The molecule has 0 aliphatic carbocycles. The first-order valence-electron chi connectivity index (χ1n) is 9.54. The van der Waals surface area contributed by atoms with Gasteiger partial charge in [-0.3, -0.25) is 4.90 Å². The van der Waals surface area contributed by atoms with Crippen molar-refractivity contribution >= 4 is 0 Å². The van der Waals surface area contributed by atoms with Crippen LogP contribution in [0.25, 0.3) is 11.4 Å². The van der Waals surface area contributed by atoms with Crippen molar-refractivity contribution in [3.63, 3.8) is 0 Å². The van der Waals surface area contributed by atoms with Crippen molar-refractivity contribution < 1.29 is 14.0 Å². The molecule has 0 amide bonds. The van der Waals surface area contributed by atoms with Gasteiger partial charge in [0.2, 0.25) is 17.6 Å². The lowest BCUT2D eigenvalue weighted by molar-refractivity contribution is 0.144. The third-order valence-electron chi connectivity index (χ3n) is 4.86. The molecule has 28 heavy (non-hydrogen) atoms. The molecule has 4 rings (SSSR count). The van der Waals surface area contributed by atoms with Crippen molar-refractivity contribution in [2.24, 2.45) is 0 Å². The molecule has 1 saturated heterocycles. The fourth-order valence-corrected chi connectivity index (χ4v) is 3.49. The standard InChI is InChI=1S/C21H24N4O3/c1-26-13-14-27-20-17(9-5-11-22-20)19-23-21(28-24-19)18-10-6-12-25(18)15-16-7-3-2-4-8-16/h2-5,7-9,11,18H,6,10,12-15H2,1H3/t18-/m1/s1. The molecule has 0 N–H and O–H groups in total. The first kappa shape index (κ1) is 18.6. The van der Waals surface area contributed by atoms with Gasteiger partial charge in [0, 0.05) is 19.9 Å². The highest BCUT2D eigenvalue weighted by atomic mass is 16.5. The largest absolute Gasteiger partial charge is 0.475 e. The Bertz CT molecular complexity index is 884. The molecule has 7 nitrogen and oxygen atoms in total. The van der Waals surface area contributed by atoms with E-state index in [2.05, 4.69) is 44.3 Å². The lowest BCUT2D eigenvalue weighted by atomic mass is 10.2. The molecule has 1 atom stereocenters. The Balaban J connectivity index is 1.51. The first-order valence-corrected chi connectivity index (χ1v) is 9.54. The zero-order valence-electron chi connectivity index (χ0n) is 16.0. The van der Waals surface area contributed by atoms with Crippen LogP contribution in [0.4, 0.5) is 0 Å². The summed E-state index contributed by atoms with van der Waals surface area (Å²) in [5, 5.41) is 4.20. The van der Waals surface area contributed by atoms with E-state index in [1.807, 2.05) is 18.2 Å². The Hall–Kier alpha value is -2.77. The van der Waals surface area contributed by atoms with Crippen LogP contribution in [0.2, 0.25) is 0 Å². The van der Waals surface area contributed by atoms with Crippen LogP contribution in [0.15, 0.2) is 53.2 Å². The van der Waals surface area contributed by atoms with Gasteiger partial charge in [-0.15, -0.1) is 0 Å². The highest BCUT2D eigenvalue weighted by Gasteiger charge is 2.31. The van der Waals surface area contributed by atoms with Crippen molar-refractivity contribution in [1.82, 2.24) is 20.0 Å². The second-order valence-electron chi connectivity index (χ2n) is 6.77. The van der Waals surface area contributed by atoms with Gasteiger partial charge in [-0.05, 0) is 37.1 Å². The molecule has 3 heterocycles. The molecule has 1 aromatic carbocycles. The number of nitrogens with zero attached hydrogens (tertiary/aromatic N) is 4. The number of hydrogen-bond donors (Lipinski definition) is 0. The molecular formula is C21H24N4O3. The summed E-state index contributed by atoms with van der Waals surface area (Å²) in [6.07, 6.45) is 3.82. The zero-order chi connectivity index (χ0) is 19.2. The molecule has 1 aliphatic rings. The van der Waals surface area contributed by atoms with E-state index in [-0.39, 0.29) is 6.04 Å². The molecule has 1 aliphatic heterocycles. The maximum atomic E-state index is 5.70. The number of methoxy groups -OCH3 is 1.